The van der Waals surface area contributed by atoms with Crippen LogP contribution < -0.4 is 5.19 Å². The quantitative estimate of drug-likeness (QED) is 0.486. The van der Waals surface area contributed by atoms with Crippen LogP contribution in [0, 0.1) is 0 Å². The first kappa shape index (κ1) is 20.1. The van der Waals surface area contributed by atoms with Crippen LogP contribution in [0.15, 0.2) is 60.7 Å². The number of aliphatic hydroxyl groups excluding tert-OH is 1. The number of hydrogen-bond donors (Lipinski definition) is 1. The molecule has 1 aliphatic carbocycles. The summed E-state index contributed by atoms with van der Waals surface area (Å²) in [4.78, 5) is 0. The normalized spacial score (nSPS) is 14.6. The van der Waals surface area contributed by atoms with Crippen LogP contribution in [0.1, 0.15) is 43.4 Å². The smallest absolute Gasteiger partial charge is 0.0775 e. The Morgan fingerprint density at radius 3 is 1.83 bits per heavy atom. The van der Waals surface area contributed by atoms with E-state index < -0.39 is 8.07 Å². The summed E-state index contributed by atoms with van der Waals surface area (Å²) in [6.45, 7) is 11.9. The van der Waals surface area contributed by atoms with E-state index in [0.717, 1.165) is 18.4 Å². The van der Waals surface area contributed by atoms with E-state index in [-0.39, 0.29) is 12.0 Å². The molecule has 0 heterocycles. The second-order valence-electron chi connectivity index (χ2n) is 9.41. The van der Waals surface area contributed by atoms with Gasteiger partial charge in [-0.3, -0.25) is 0 Å². The lowest BCUT2D eigenvalue weighted by Crippen LogP contribution is -2.37. The molecule has 0 fully saturated rings. The van der Waals surface area contributed by atoms with Crippen LogP contribution in [0.4, 0.5) is 0 Å². The largest absolute Gasteiger partial charge is 0.392 e. The number of hydrogen-bond acceptors (Lipinski definition) is 1. The molecule has 1 nitrogen and oxygen atoms in total. The standard InChI is InChI=1S/C27H32OSi/c1-6-27(7-2)25-16-19(18-28)8-14-23(25)24-15-11-21(17-26(24)27)20-9-12-22(13-10-20)29(3,4)5/h8-17,28H,6-7,18H2,1-5H3. The zero-order valence-electron chi connectivity index (χ0n) is 18.3. The van der Waals surface area contributed by atoms with E-state index in [2.05, 4.69) is 94.2 Å². The lowest BCUT2D eigenvalue weighted by atomic mass is 9.73. The van der Waals surface area contributed by atoms with Gasteiger partial charge >= 0.3 is 0 Å². The molecule has 150 valence electrons. The lowest BCUT2D eigenvalue weighted by molar-refractivity contribution is 0.281. The second-order valence-corrected chi connectivity index (χ2v) is 14.5. The van der Waals surface area contributed by atoms with Crippen molar-refractivity contribution in [3.8, 4) is 22.3 Å². The van der Waals surface area contributed by atoms with Crippen LogP contribution in [0.2, 0.25) is 19.6 Å². The van der Waals surface area contributed by atoms with Gasteiger partial charge in [-0.1, -0.05) is 93.3 Å². The Balaban J connectivity index is 1.84. The number of aliphatic hydroxyl groups is 1. The molecule has 4 rings (SSSR count). The summed E-state index contributed by atoms with van der Waals surface area (Å²) < 4.78 is 0. The topological polar surface area (TPSA) is 20.2 Å². The molecule has 0 aliphatic heterocycles. The SMILES string of the molecule is CCC1(CC)c2cc(CO)ccc2-c2ccc(-c3ccc([Si](C)(C)C)cc3)cc21. The molecule has 0 saturated carbocycles. The highest BCUT2D eigenvalue weighted by molar-refractivity contribution is 6.88. The van der Waals surface area contributed by atoms with Crippen LogP contribution in [0.25, 0.3) is 22.3 Å². The minimum absolute atomic E-state index is 0.0319. The molecule has 0 aromatic heterocycles. The summed E-state index contributed by atoms with van der Waals surface area (Å²) in [7, 11) is -1.28. The van der Waals surface area contributed by atoms with Crippen LogP contribution in [0.3, 0.4) is 0 Å². The minimum Gasteiger partial charge on any atom is -0.392 e. The van der Waals surface area contributed by atoms with Crippen LogP contribution >= 0.6 is 0 Å². The molecule has 0 spiro atoms. The molecular formula is C27H32OSi. The van der Waals surface area contributed by atoms with Crippen molar-refractivity contribution in [3.63, 3.8) is 0 Å². The van der Waals surface area contributed by atoms with Crippen molar-refractivity contribution in [3.05, 3.63) is 77.4 Å². The van der Waals surface area contributed by atoms with Gasteiger partial charge in [0.1, 0.15) is 0 Å². The van der Waals surface area contributed by atoms with Gasteiger partial charge in [-0.15, -0.1) is 0 Å². The van der Waals surface area contributed by atoms with Gasteiger partial charge in [0.25, 0.3) is 0 Å². The fourth-order valence-corrected chi connectivity index (χ4v) is 6.16. The Hall–Kier alpha value is -2.16. The van der Waals surface area contributed by atoms with Gasteiger partial charge in [-0.2, -0.15) is 0 Å². The molecule has 2 heteroatoms. The molecule has 1 N–H and O–H groups in total. The second kappa shape index (κ2) is 7.27. The van der Waals surface area contributed by atoms with Gasteiger partial charge in [0.15, 0.2) is 0 Å². The molecule has 0 radical (unpaired) electrons. The lowest BCUT2D eigenvalue weighted by Gasteiger charge is -2.30. The van der Waals surface area contributed by atoms with Crippen molar-refractivity contribution in [1.29, 1.82) is 0 Å². The summed E-state index contributed by atoms with van der Waals surface area (Å²) >= 11 is 0. The Bertz CT molecular complexity index is 1040. The maximum absolute atomic E-state index is 9.68. The summed E-state index contributed by atoms with van der Waals surface area (Å²) in [6, 6.07) is 22.7. The van der Waals surface area contributed by atoms with Crippen molar-refractivity contribution >= 4 is 13.3 Å². The highest BCUT2D eigenvalue weighted by Gasteiger charge is 2.40. The Morgan fingerprint density at radius 2 is 1.28 bits per heavy atom. The van der Waals surface area contributed by atoms with Crippen LogP contribution in [-0.2, 0) is 12.0 Å². The van der Waals surface area contributed by atoms with E-state index in [9.17, 15) is 5.11 Å². The molecule has 29 heavy (non-hydrogen) atoms. The zero-order chi connectivity index (χ0) is 20.8. The fourth-order valence-electron chi connectivity index (χ4n) is 4.99. The van der Waals surface area contributed by atoms with Gasteiger partial charge in [-0.05, 0) is 57.9 Å². The highest BCUT2D eigenvalue weighted by Crippen LogP contribution is 2.53. The summed E-state index contributed by atoms with van der Waals surface area (Å²) in [6.07, 6.45) is 2.13. The Kier molecular flexibility index (Phi) is 5.04. The first-order valence-corrected chi connectivity index (χ1v) is 14.3. The summed E-state index contributed by atoms with van der Waals surface area (Å²) in [5.74, 6) is 0. The van der Waals surface area contributed by atoms with Crippen molar-refractivity contribution in [2.75, 3.05) is 0 Å². The molecule has 0 amide bonds. The first-order valence-electron chi connectivity index (χ1n) is 10.8. The van der Waals surface area contributed by atoms with Gasteiger partial charge in [0.05, 0.1) is 14.7 Å². The molecule has 3 aromatic rings. The highest BCUT2D eigenvalue weighted by atomic mass is 28.3. The first-order chi connectivity index (χ1) is 13.8. The third-order valence-corrected chi connectivity index (χ3v) is 8.96. The minimum atomic E-state index is -1.28. The van der Waals surface area contributed by atoms with E-state index in [1.807, 2.05) is 0 Å². The van der Waals surface area contributed by atoms with Gasteiger partial charge < -0.3 is 5.11 Å². The third kappa shape index (κ3) is 3.19. The predicted molar refractivity (Wildman–Crippen MR) is 128 cm³/mol. The van der Waals surface area contributed by atoms with E-state index in [4.69, 9.17) is 0 Å². The number of benzene rings is 3. The van der Waals surface area contributed by atoms with Crippen molar-refractivity contribution < 1.29 is 5.11 Å². The molecule has 0 saturated heterocycles. The van der Waals surface area contributed by atoms with Crippen LogP contribution in [-0.4, -0.2) is 13.2 Å². The van der Waals surface area contributed by atoms with Crippen molar-refractivity contribution in [1.82, 2.24) is 0 Å². The molecule has 3 aromatic carbocycles. The van der Waals surface area contributed by atoms with Gasteiger partial charge in [-0.25, -0.2) is 0 Å². The Morgan fingerprint density at radius 1 is 0.724 bits per heavy atom. The Labute approximate surface area is 176 Å². The summed E-state index contributed by atoms with van der Waals surface area (Å²) in [5.41, 5.74) is 9.15. The molecule has 0 atom stereocenters. The fraction of sp³-hybridized carbons (Fsp3) is 0.333. The zero-order valence-corrected chi connectivity index (χ0v) is 19.3. The average Bonchev–Trinajstić information content (AvgIpc) is 3.01. The average molecular weight is 401 g/mol. The van der Waals surface area contributed by atoms with Gasteiger partial charge in [0.2, 0.25) is 0 Å². The summed E-state index contributed by atoms with van der Waals surface area (Å²) in [5, 5.41) is 11.2. The molecule has 0 unspecified atom stereocenters. The van der Waals surface area contributed by atoms with E-state index >= 15 is 0 Å². The number of fused-ring (bicyclic) bond motifs is 3. The molecular weight excluding hydrogens is 368 g/mol. The van der Waals surface area contributed by atoms with E-state index in [1.165, 1.54) is 38.6 Å². The third-order valence-electron chi connectivity index (χ3n) is 6.90. The van der Waals surface area contributed by atoms with Gasteiger partial charge in [0, 0.05) is 5.41 Å². The monoisotopic (exact) mass is 400 g/mol. The molecule has 1 aliphatic rings. The van der Waals surface area contributed by atoms with E-state index in [1.54, 1.807) is 0 Å². The molecule has 0 bridgehead atoms. The van der Waals surface area contributed by atoms with Crippen LogP contribution in [0.5, 0.6) is 0 Å². The van der Waals surface area contributed by atoms with Crippen molar-refractivity contribution in [2.24, 2.45) is 0 Å². The van der Waals surface area contributed by atoms with Crippen molar-refractivity contribution in [2.45, 2.75) is 58.4 Å². The maximum atomic E-state index is 9.68. The maximum Gasteiger partial charge on any atom is 0.0775 e. The van der Waals surface area contributed by atoms with E-state index in [0.29, 0.717) is 0 Å². The predicted octanol–water partition coefficient (Wildman–Crippen LogP) is 6.48. The number of rotatable bonds is 5.